The second-order valence-electron chi connectivity index (χ2n) is 10.5. The predicted octanol–water partition coefficient (Wildman–Crippen LogP) is 7.78. The van der Waals surface area contributed by atoms with E-state index in [4.69, 9.17) is 0 Å². The summed E-state index contributed by atoms with van der Waals surface area (Å²) in [6.45, 7) is 6.60. The van der Waals surface area contributed by atoms with E-state index in [1.165, 1.54) is 35.4 Å². The summed E-state index contributed by atoms with van der Waals surface area (Å²) in [5.41, 5.74) is 6.31. The van der Waals surface area contributed by atoms with Gasteiger partial charge in [0.15, 0.2) is 0 Å². The Kier molecular flexibility index (Phi) is 8.82. The number of halogens is 1. The van der Waals surface area contributed by atoms with Crippen molar-refractivity contribution in [2.75, 3.05) is 17.3 Å². The zero-order valence-electron chi connectivity index (χ0n) is 22.9. The molecule has 3 aromatic rings. The monoisotopic (exact) mass is 515 g/mol. The van der Waals surface area contributed by atoms with Crippen LogP contribution in [0.1, 0.15) is 71.1 Å². The molecule has 1 aliphatic carbocycles. The number of urea groups is 1. The van der Waals surface area contributed by atoms with Gasteiger partial charge in [-0.2, -0.15) is 0 Å². The lowest BCUT2D eigenvalue weighted by Gasteiger charge is -2.32. The molecule has 0 radical (unpaired) electrons. The lowest BCUT2D eigenvalue weighted by atomic mass is 10.0. The molecule has 5 nitrogen and oxygen atoms in total. The summed E-state index contributed by atoms with van der Waals surface area (Å²) >= 11 is 0. The number of aryl methyl sites for hydroxylation is 3. The maximum Gasteiger partial charge on any atom is 0.322 e. The third-order valence-electron chi connectivity index (χ3n) is 7.51. The maximum absolute atomic E-state index is 13.7. The second-order valence-corrected chi connectivity index (χ2v) is 10.5. The molecule has 3 amide bonds. The average Bonchev–Trinajstić information content (AvgIpc) is 3.18. The van der Waals surface area contributed by atoms with Crippen molar-refractivity contribution in [2.45, 2.75) is 71.9 Å². The molecule has 0 atom stereocenters. The summed E-state index contributed by atoms with van der Waals surface area (Å²) in [6.07, 6.45) is 6.66. The quantitative estimate of drug-likeness (QED) is 0.341. The molecule has 0 bridgehead atoms. The van der Waals surface area contributed by atoms with Crippen LogP contribution in [0.4, 0.5) is 20.6 Å². The highest BCUT2D eigenvalue weighted by molar-refractivity contribution is 6.05. The molecule has 0 aromatic heterocycles. The topological polar surface area (TPSA) is 52.7 Å². The minimum absolute atomic E-state index is 0.0804. The second kappa shape index (κ2) is 12.2. The number of nitrogens with one attached hydrogen (secondary N) is 1. The van der Waals surface area contributed by atoms with Crippen molar-refractivity contribution in [3.05, 3.63) is 94.3 Å². The lowest BCUT2D eigenvalue weighted by Crippen LogP contribution is -2.42. The Morgan fingerprint density at radius 2 is 1.45 bits per heavy atom. The third-order valence-corrected chi connectivity index (χ3v) is 7.51. The summed E-state index contributed by atoms with van der Waals surface area (Å²) in [4.78, 5) is 30.2. The normalized spacial score (nSPS) is 14.0. The fourth-order valence-electron chi connectivity index (χ4n) is 5.42. The molecule has 1 fully saturated rings. The van der Waals surface area contributed by atoms with Crippen molar-refractivity contribution in [1.29, 1.82) is 0 Å². The zero-order chi connectivity index (χ0) is 27.2. The molecule has 3 aromatic carbocycles. The molecule has 0 spiro atoms. The molecule has 1 N–H and O–H groups in total. The van der Waals surface area contributed by atoms with Gasteiger partial charge in [0.25, 0.3) is 5.91 Å². The first-order valence-electron chi connectivity index (χ1n) is 13.5. The van der Waals surface area contributed by atoms with E-state index in [2.05, 4.69) is 24.4 Å². The average molecular weight is 516 g/mol. The summed E-state index contributed by atoms with van der Waals surface area (Å²) < 4.78 is 13.3. The lowest BCUT2D eigenvalue weighted by molar-refractivity contribution is 0.0993. The Bertz CT molecular complexity index is 1240. The molecule has 0 unspecified atom stereocenters. The summed E-state index contributed by atoms with van der Waals surface area (Å²) in [5.74, 6) is -0.513. The first-order valence-corrected chi connectivity index (χ1v) is 13.5. The van der Waals surface area contributed by atoms with Crippen LogP contribution in [0.15, 0.2) is 60.7 Å². The van der Waals surface area contributed by atoms with Gasteiger partial charge in [-0.3, -0.25) is 4.79 Å². The standard InChI is InChI=1S/C32H38FN3O2/c1-22-19-23(2)30(24(3)20-22)34-32(38)36(29-9-7-5-6-8-10-29)21-25-11-13-26(14-12-25)31(37)35(4)28-17-15-27(33)16-18-28/h11-20,29H,5-10,21H2,1-4H3,(H,34,38). The Balaban J connectivity index is 1.52. The van der Waals surface area contributed by atoms with Crippen LogP contribution in [0.5, 0.6) is 0 Å². The van der Waals surface area contributed by atoms with Crippen molar-refractivity contribution in [2.24, 2.45) is 0 Å². The number of benzene rings is 3. The Hall–Kier alpha value is -3.67. The van der Waals surface area contributed by atoms with Crippen molar-refractivity contribution >= 4 is 23.3 Å². The van der Waals surface area contributed by atoms with Gasteiger partial charge in [0.2, 0.25) is 0 Å². The van der Waals surface area contributed by atoms with Gasteiger partial charge < -0.3 is 15.1 Å². The summed E-state index contributed by atoms with van der Waals surface area (Å²) in [6, 6.07) is 17.6. The Morgan fingerprint density at radius 3 is 2.03 bits per heavy atom. The SMILES string of the molecule is Cc1cc(C)c(NC(=O)N(Cc2ccc(C(=O)N(C)c3ccc(F)cc3)cc2)C2CCCCCC2)c(C)c1. The van der Waals surface area contributed by atoms with Crippen molar-refractivity contribution in [1.82, 2.24) is 4.90 Å². The highest BCUT2D eigenvalue weighted by Gasteiger charge is 2.26. The van der Waals surface area contributed by atoms with E-state index in [0.29, 0.717) is 17.8 Å². The van der Waals surface area contributed by atoms with E-state index in [0.717, 1.165) is 48.1 Å². The number of hydrogen-bond acceptors (Lipinski definition) is 2. The Labute approximate surface area is 225 Å². The molecule has 200 valence electrons. The third kappa shape index (κ3) is 6.60. The van der Waals surface area contributed by atoms with Crippen LogP contribution in [0.2, 0.25) is 0 Å². The zero-order valence-corrected chi connectivity index (χ0v) is 22.9. The van der Waals surface area contributed by atoms with Crippen molar-refractivity contribution < 1.29 is 14.0 Å². The first kappa shape index (κ1) is 27.4. The molecule has 1 aliphatic rings. The van der Waals surface area contributed by atoms with Crippen LogP contribution < -0.4 is 10.2 Å². The smallest absolute Gasteiger partial charge is 0.317 e. The maximum atomic E-state index is 13.7. The molecule has 4 rings (SSSR count). The van der Waals surface area contributed by atoms with E-state index in [1.54, 1.807) is 31.3 Å². The van der Waals surface area contributed by atoms with E-state index in [9.17, 15) is 14.0 Å². The number of nitrogens with zero attached hydrogens (tertiary/aromatic N) is 2. The highest BCUT2D eigenvalue weighted by atomic mass is 19.1. The number of anilines is 2. The number of carbonyl (C=O) groups excluding carboxylic acids is 2. The van der Waals surface area contributed by atoms with Crippen LogP contribution in [-0.4, -0.2) is 29.9 Å². The van der Waals surface area contributed by atoms with E-state index >= 15 is 0 Å². The van der Waals surface area contributed by atoms with Gasteiger partial charge in [-0.25, -0.2) is 9.18 Å². The predicted molar refractivity (Wildman–Crippen MR) is 152 cm³/mol. The minimum Gasteiger partial charge on any atom is -0.317 e. The molecule has 1 saturated carbocycles. The van der Waals surface area contributed by atoms with Gasteiger partial charge in [-0.1, -0.05) is 55.5 Å². The molecule has 0 aliphatic heterocycles. The van der Waals surface area contributed by atoms with Gasteiger partial charge in [-0.15, -0.1) is 0 Å². The number of amides is 3. The number of hydrogen-bond donors (Lipinski definition) is 1. The van der Waals surface area contributed by atoms with Crippen molar-refractivity contribution in [3.63, 3.8) is 0 Å². The fourth-order valence-corrected chi connectivity index (χ4v) is 5.42. The fraction of sp³-hybridized carbons (Fsp3) is 0.375. The van der Waals surface area contributed by atoms with Gasteiger partial charge in [0.1, 0.15) is 5.82 Å². The molecular weight excluding hydrogens is 477 g/mol. The van der Waals surface area contributed by atoms with Gasteiger partial charge in [0.05, 0.1) is 0 Å². The van der Waals surface area contributed by atoms with Gasteiger partial charge in [0, 0.05) is 36.6 Å². The number of rotatable bonds is 6. The summed E-state index contributed by atoms with van der Waals surface area (Å²) in [7, 11) is 1.68. The molecule has 38 heavy (non-hydrogen) atoms. The molecular formula is C32H38FN3O2. The molecule has 0 heterocycles. The van der Waals surface area contributed by atoms with Crippen LogP contribution in [0, 0.1) is 26.6 Å². The van der Waals surface area contributed by atoms with Crippen LogP contribution in [-0.2, 0) is 6.54 Å². The van der Waals surface area contributed by atoms with E-state index in [-0.39, 0.29) is 23.8 Å². The van der Waals surface area contributed by atoms with Crippen LogP contribution >= 0.6 is 0 Å². The van der Waals surface area contributed by atoms with Gasteiger partial charge in [-0.05, 0) is 86.7 Å². The first-order chi connectivity index (χ1) is 18.2. The van der Waals surface area contributed by atoms with Crippen LogP contribution in [0.25, 0.3) is 0 Å². The largest absolute Gasteiger partial charge is 0.322 e. The van der Waals surface area contributed by atoms with Gasteiger partial charge >= 0.3 is 6.03 Å². The van der Waals surface area contributed by atoms with E-state index in [1.807, 2.05) is 30.9 Å². The number of carbonyl (C=O) groups is 2. The minimum atomic E-state index is -0.339. The molecule has 0 saturated heterocycles. The Morgan fingerprint density at radius 1 is 0.868 bits per heavy atom. The molecule has 6 heteroatoms. The highest BCUT2D eigenvalue weighted by Crippen LogP contribution is 2.27. The summed E-state index contributed by atoms with van der Waals surface area (Å²) in [5, 5.41) is 3.21. The van der Waals surface area contributed by atoms with Crippen LogP contribution in [0.3, 0.4) is 0 Å². The van der Waals surface area contributed by atoms with E-state index < -0.39 is 0 Å². The van der Waals surface area contributed by atoms with Crippen molar-refractivity contribution in [3.8, 4) is 0 Å².